The number of benzene rings is 1. The summed E-state index contributed by atoms with van der Waals surface area (Å²) >= 11 is 0. The van der Waals surface area contributed by atoms with Crippen LogP contribution in [0.25, 0.3) is 11.4 Å². The van der Waals surface area contributed by atoms with Crippen molar-refractivity contribution in [2.45, 2.75) is 27.3 Å². The van der Waals surface area contributed by atoms with Crippen LogP contribution in [0.4, 0.5) is 5.82 Å². The first-order chi connectivity index (χ1) is 11.1. The first-order valence-electron chi connectivity index (χ1n) is 7.69. The summed E-state index contributed by atoms with van der Waals surface area (Å²) in [5, 5.41) is 3.37. The van der Waals surface area contributed by atoms with Crippen LogP contribution in [-0.2, 0) is 6.54 Å². The Labute approximate surface area is 136 Å². The minimum atomic E-state index is 0.693. The summed E-state index contributed by atoms with van der Waals surface area (Å²) in [7, 11) is 0. The molecule has 0 amide bonds. The van der Waals surface area contributed by atoms with Crippen molar-refractivity contribution in [3.63, 3.8) is 0 Å². The molecule has 0 fully saturated rings. The molecule has 0 atom stereocenters. The van der Waals surface area contributed by atoms with Gasteiger partial charge >= 0.3 is 0 Å². The van der Waals surface area contributed by atoms with Crippen LogP contribution >= 0.6 is 0 Å². The molecule has 2 heterocycles. The largest absolute Gasteiger partial charge is 0.366 e. The topological polar surface area (TPSA) is 50.7 Å². The van der Waals surface area contributed by atoms with Gasteiger partial charge in [-0.1, -0.05) is 36.4 Å². The maximum atomic E-state index is 4.62. The van der Waals surface area contributed by atoms with Crippen molar-refractivity contribution >= 4 is 5.82 Å². The number of nitrogens with zero attached hydrogens (tertiary/aromatic N) is 3. The molecule has 4 nitrogen and oxygen atoms in total. The van der Waals surface area contributed by atoms with Crippen LogP contribution in [0, 0.1) is 20.8 Å². The van der Waals surface area contributed by atoms with Gasteiger partial charge in [-0.15, -0.1) is 0 Å². The zero-order valence-electron chi connectivity index (χ0n) is 13.7. The highest BCUT2D eigenvalue weighted by Gasteiger charge is 2.05. The van der Waals surface area contributed by atoms with E-state index in [2.05, 4.69) is 33.3 Å². The number of aromatic nitrogens is 3. The summed E-state index contributed by atoms with van der Waals surface area (Å²) in [6.45, 7) is 6.77. The van der Waals surface area contributed by atoms with Gasteiger partial charge in [0.25, 0.3) is 0 Å². The van der Waals surface area contributed by atoms with E-state index in [0.717, 1.165) is 34.2 Å². The van der Waals surface area contributed by atoms with Crippen molar-refractivity contribution < 1.29 is 0 Å². The molecule has 0 saturated carbocycles. The summed E-state index contributed by atoms with van der Waals surface area (Å²) in [5.41, 5.74) is 5.38. The maximum absolute atomic E-state index is 4.62. The lowest BCUT2D eigenvalue weighted by molar-refractivity contribution is 1.03. The SMILES string of the molecule is Cc1cc(NCc2cnc(C)c(C)c2)nc(-c2ccccc2)n1. The fourth-order valence-electron chi connectivity index (χ4n) is 2.37. The third-order valence-corrected chi connectivity index (χ3v) is 3.76. The van der Waals surface area contributed by atoms with E-state index in [0.29, 0.717) is 6.54 Å². The van der Waals surface area contributed by atoms with E-state index in [1.807, 2.05) is 56.4 Å². The van der Waals surface area contributed by atoms with E-state index in [1.54, 1.807) is 0 Å². The fraction of sp³-hybridized carbons (Fsp3) is 0.211. The van der Waals surface area contributed by atoms with Crippen LogP contribution in [0.15, 0.2) is 48.7 Å². The fourth-order valence-corrected chi connectivity index (χ4v) is 2.37. The van der Waals surface area contributed by atoms with Crippen molar-refractivity contribution in [1.82, 2.24) is 15.0 Å². The van der Waals surface area contributed by atoms with Gasteiger partial charge < -0.3 is 5.32 Å². The predicted molar refractivity (Wildman–Crippen MR) is 93.2 cm³/mol. The van der Waals surface area contributed by atoms with E-state index in [-0.39, 0.29) is 0 Å². The molecule has 3 aromatic rings. The molecule has 2 aromatic heterocycles. The van der Waals surface area contributed by atoms with Gasteiger partial charge in [0.05, 0.1) is 0 Å². The summed E-state index contributed by atoms with van der Waals surface area (Å²) in [4.78, 5) is 13.5. The number of hydrogen-bond donors (Lipinski definition) is 1. The second-order valence-corrected chi connectivity index (χ2v) is 5.68. The highest BCUT2D eigenvalue weighted by molar-refractivity contribution is 5.57. The molecule has 0 spiro atoms. The maximum Gasteiger partial charge on any atom is 0.161 e. The molecule has 23 heavy (non-hydrogen) atoms. The highest BCUT2D eigenvalue weighted by Crippen LogP contribution is 2.18. The molecule has 3 rings (SSSR count). The molecule has 1 N–H and O–H groups in total. The molecule has 0 aliphatic heterocycles. The summed E-state index contributed by atoms with van der Waals surface area (Å²) < 4.78 is 0. The van der Waals surface area contributed by atoms with E-state index in [9.17, 15) is 0 Å². The number of rotatable bonds is 4. The molecular formula is C19H20N4. The summed E-state index contributed by atoms with van der Waals surface area (Å²) in [6.07, 6.45) is 1.90. The highest BCUT2D eigenvalue weighted by atomic mass is 15.0. The third-order valence-electron chi connectivity index (χ3n) is 3.76. The van der Waals surface area contributed by atoms with Gasteiger partial charge in [-0.2, -0.15) is 0 Å². The molecule has 1 aromatic carbocycles. The quantitative estimate of drug-likeness (QED) is 0.789. The van der Waals surface area contributed by atoms with Crippen molar-refractivity contribution in [3.05, 3.63) is 71.2 Å². The molecule has 0 aliphatic carbocycles. The Morgan fingerprint density at radius 3 is 2.48 bits per heavy atom. The average molecular weight is 304 g/mol. The number of aryl methyl sites for hydroxylation is 3. The van der Waals surface area contributed by atoms with Crippen molar-refractivity contribution in [2.75, 3.05) is 5.32 Å². The van der Waals surface area contributed by atoms with Crippen LogP contribution < -0.4 is 5.32 Å². The molecule has 0 bridgehead atoms. The van der Waals surface area contributed by atoms with Gasteiger partial charge in [0, 0.05) is 35.8 Å². The standard InChI is InChI=1S/C19H20N4/c1-13-9-16(11-20-15(13)3)12-21-18-10-14(2)22-19(23-18)17-7-5-4-6-8-17/h4-11H,12H2,1-3H3,(H,21,22,23). The van der Waals surface area contributed by atoms with Crippen molar-refractivity contribution in [1.29, 1.82) is 0 Å². The molecule has 0 aliphatic rings. The summed E-state index contributed by atoms with van der Waals surface area (Å²) in [5.74, 6) is 1.57. The Kier molecular flexibility index (Phi) is 4.33. The molecule has 4 heteroatoms. The minimum absolute atomic E-state index is 0.693. The molecule has 0 radical (unpaired) electrons. The number of nitrogens with one attached hydrogen (secondary N) is 1. The van der Waals surface area contributed by atoms with Crippen LogP contribution in [0.1, 0.15) is 22.5 Å². The van der Waals surface area contributed by atoms with Crippen molar-refractivity contribution in [2.24, 2.45) is 0 Å². The molecule has 0 saturated heterocycles. The van der Waals surface area contributed by atoms with E-state index < -0.39 is 0 Å². The van der Waals surface area contributed by atoms with Gasteiger partial charge in [0.2, 0.25) is 0 Å². The Morgan fingerprint density at radius 1 is 0.957 bits per heavy atom. The number of hydrogen-bond acceptors (Lipinski definition) is 4. The lowest BCUT2D eigenvalue weighted by Crippen LogP contribution is -2.05. The van der Waals surface area contributed by atoms with Gasteiger partial charge in [-0.25, -0.2) is 9.97 Å². The molecular weight excluding hydrogens is 284 g/mol. The zero-order chi connectivity index (χ0) is 16.2. The minimum Gasteiger partial charge on any atom is -0.366 e. The second-order valence-electron chi connectivity index (χ2n) is 5.68. The Bertz CT molecular complexity index is 813. The van der Waals surface area contributed by atoms with E-state index in [4.69, 9.17) is 0 Å². The number of pyridine rings is 1. The zero-order valence-corrected chi connectivity index (χ0v) is 13.7. The first kappa shape index (κ1) is 15.2. The van der Waals surface area contributed by atoms with E-state index >= 15 is 0 Å². The monoisotopic (exact) mass is 304 g/mol. The Morgan fingerprint density at radius 2 is 1.74 bits per heavy atom. The first-order valence-corrected chi connectivity index (χ1v) is 7.69. The Balaban J connectivity index is 1.80. The molecule has 0 unspecified atom stereocenters. The van der Waals surface area contributed by atoms with Crippen LogP contribution in [0.5, 0.6) is 0 Å². The lowest BCUT2D eigenvalue weighted by atomic mass is 10.1. The van der Waals surface area contributed by atoms with Crippen LogP contribution in [-0.4, -0.2) is 15.0 Å². The van der Waals surface area contributed by atoms with Gasteiger partial charge in [-0.3, -0.25) is 4.98 Å². The van der Waals surface area contributed by atoms with Crippen molar-refractivity contribution in [3.8, 4) is 11.4 Å². The average Bonchev–Trinajstić information content (AvgIpc) is 2.56. The Hall–Kier alpha value is -2.75. The van der Waals surface area contributed by atoms with Crippen LogP contribution in [0.2, 0.25) is 0 Å². The smallest absolute Gasteiger partial charge is 0.161 e. The lowest BCUT2D eigenvalue weighted by Gasteiger charge is -2.09. The molecule has 116 valence electrons. The van der Waals surface area contributed by atoms with E-state index in [1.165, 1.54) is 5.56 Å². The summed E-state index contributed by atoms with van der Waals surface area (Å²) in [6, 6.07) is 14.1. The van der Waals surface area contributed by atoms with Gasteiger partial charge in [0.15, 0.2) is 5.82 Å². The van der Waals surface area contributed by atoms with Crippen LogP contribution in [0.3, 0.4) is 0 Å². The predicted octanol–water partition coefficient (Wildman–Crippen LogP) is 4.08. The number of anilines is 1. The van der Waals surface area contributed by atoms with Gasteiger partial charge in [-0.05, 0) is 31.9 Å². The normalized spacial score (nSPS) is 10.6. The third kappa shape index (κ3) is 3.72. The second kappa shape index (κ2) is 6.57. The van der Waals surface area contributed by atoms with Gasteiger partial charge in [0.1, 0.15) is 5.82 Å².